The summed E-state index contributed by atoms with van der Waals surface area (Å²) >= 11 is 0. The van der Waals surface area contributed by atoms with E-state index in [2.05, 4.69) is 36.0 Å². The molecule has 2 heteroatoms. The summed E-state index contributed by atoms with van der Waals surface area (Å²) in [6, 6.07) is 0.778. The van der Waals surface area contributed by atoms with E-state index in [0.717, 1.165) is 6.04 Å². The Kier molecular flexibility index (Phi) is 1.32. The van der Waals surface area contributed by atoms with Gasteiger partial charge >= 0.3 is 0 Å². The summed E-state index contributed by atoms with van der Waals surface area (Å²) in [5.74, 6) is 0. The van der Waals surface area contributed by atoms with Crippen molar-refractivity contribution >= 4 is 0 Å². The van der Waals surface area contributed by atoms with E-state index in [1.807, 2.05) is 0 Å². The molecule has 56 valence electrons. The van der Waals surface area contributed by atoms with Crippen molar-refractivity contribution in [3.63, 3.8) is 0 Å². The van der Waals surface area contributed by atoms with Gasteiger partial charge in [-0.1, -0.05) is 12.2 Å². The Morgan fingerprint density at radius 3 is 2.80 bits per heavy atom. The van der Waals surface area contributed by atoms with Gasteiger partial charge in [0, 0.05) is 12.6 Å². The van der Waals surface area contributed by atoms with Gasteiger partial charge in [0.15, 0.2) is 0 Å². The van der Waals surface area contributed by atoms with Crippen LogP contribution in [-0.2, 0) is 0 Å². The van der Waals surface area contributed by atoms with Crippen LogP contribution >= 0.6 is 0 Å². The van der Waals surface area contributed by atoms with Crippen LogP contribution in [0.1, 0.15) is 6.42 Å². The van der Waals surface area contributed by atoms with Crippen LogP contribution in [0.2, 0.25) is 0 Å². The molecular formula is C8H14N2. The number of hydrogen-bond acceptors (Lipinski definition) is 2. The smallest absolute Gasteiger partial charge is 0.0813 e. The molecule has 1 unspecified atom stereocenters. The highest BCUT2D eigenvalue weighted by atomic mass is 15.4. The van der Waals surface area contributed by atoms with Gasteiger partial charge < -0.3 is 0 Å². The molecule has 2 rings (SSSR count). The van der Waals surface area contributed by atoms with Gasteiger partial charge in [0.1, 0.15) is 0 Å². The van der Waals surface area contributed by atoms with E-state index in [4.69, 9.17) is 0 Å². The normalized spacial score (nSPS) is 41.0. The minimum atomic E-state index is 0.582. The molecule has 0 radical (unpaired) electrons. The highest BCUT2D eigenvalue weighted by Gasteiger charge is 2.34. The lowest BCUT2D eigenvalue weighted by molar-refractivity contribution is 0.206. The van der Waals surface area contributed by atoms with Gasteiger partial charge in [-0.15, -0.1) is 0 Å². The minimum absolute atomic E-state index is 0.582. The van der Waals surface area contributed by atoms with Gasteiger partial charge in [-0.25, -0.2) is 0 Å². The van der Waals surface area contributed by atoms with E-state index in [0.29, 0.717) is 6.17 Å². The Hall–Kier alpha value is -0.340. The third-order valence-electron chi connectivity index (χ3n) is 2.66. The van der Waals surface area contributed by atoms with Crippen LogP contribution in [0.15, 0.2) is 12.2 Å². The van der Waals surface area contributed by atoms with Crippen molar-refractivity contribution in [3.05, 3.63) is 12.2 Å². The predicted octanol–water partition coefficient (Wildman–Crippen LogP) is 0.518. The SMILES string of the molecule is CN1C[C@H]2CC=CC1N2C. The van der Waals surface area contributed by atoms with Crippen molar-refractivity contribution < 1.29 is 0 Å². The van der Waals surface area contributed by atoms with Crippen LogP contribution in [0.4, 0.5) is 0 Å². The Balaban J connectivity index is 2.24. The lowest BCUT2D eigenvalue weighted by Crippen LogP contribution is -2.36. The third kappa shape index (κ3) is 0.724. The van der Waals surface area contributed by atoms with Crippen molar-refractivity contribution in [1.29, 1.82) is 0 Å². The standard InChI is InChI=1S/C8H14N2/c1-9-6-7-4-3-5-8(9)10(7)2/h3,5,7-8H,4,6H2,1-2H3/t7-,8?/m1/s1. The molecule has 0 aromatic carbocycles. The first-order valence-corrected chi connectivity index (χ1v) is 3.88. The fourth-order valence-electron chi connectivity index (χ4n) is 1.98. The summed E-state index contributed by atoms with van der Waals surface area (Å²) in [6.45, 7) is 1.23. The summed E-state index contributed by atoms with van der Waals surface area (Å²) in [6.07, 6.45) is 6.42. The fraction of sp³-hybridized carbons (Fsp3) is 0.750. The van der Waals surface area contributed by atoms with Crippen molar-refractivity contribution in [2.75, 3.05) is 20.6 Å². The van der Waals surface area contributed by atoms with Gasteiger partial charge in [0.25, 0.3) is 0 Å². The van der Waals surface area contributed by atoms with Crippen LogP contribution in [0, 0.1) is 0 Å². The van der Waals surface area contributed by atoms with Crippen molar-refractivity contribution in [2.45, 2.75) is 18.6 Å². The van der Waals surface area contributed by atoms with Crippen LogP contribution in [-0.4, -0.2) is 42.6 Å². The molecule has 10 heavy (non-hydrogen) atoms. The molecule has 2 heterocycles. The lowest BCUT2D eigenvalue weighted by Gasteiger charge is -2.26. The summed E-state index contributed by atoms with van der Waals surface area (Å²) in [5.41, 5.74) is 0. The van der Waals surface area contributed by atoms with Crippen LogP contribution < -0.4 is 0 Å². The second-order valence-electron chi connectivity index (χ2n) is 3.34. The summed E-state index contributed by atoms with van der Waals surface area (Å²) in [5, 5.41) is 0. The molecule has 0 saturated carbocycles. The number of likely N-dealkylation sites (N-methyl/N-ethyl adjacent to an activating group) is 2. The molecular weight excluding hydrogens is 124 g/mol. The summed E-state index contributed by atoms with van der Waals surface area (Å²) in [7, 11) is 4.40. The highest BCUT2D eigenvalue weighted by Crippen LogP contribution is 2.24. The summed E-state index contributed by atoms with van der Waals surface area (Å²) in [4.78, 5) is 4.84. The maximum atomic E-state index is 2.44. The zero-order valence-electron chi connectivity index (χ0n) is 6.62. The summed E-state index contributed by atoms with van der Waals surface area (Å²) < 4.78 is 0. The topological polar surface area (TPSA) is 6.48 Å². The molecule has 0 amide bonds. The van der Waals surface area contributed by atoms with Gasteiger partial charge in [-0.05, 0) is 20.5 Å². The van der Waals surface area contributed by atoms with E-state index in [1.54, 1.807) is 0 Å². The van der Waals surface area contributed by atoms with E-state index < -0.39 is 0 Å². The van der Waals surface area contributed by atoms with Crippen molar-refractivity contribution in [1.82, 2.24) is 9.80 Å². The second-order valence-corrected chi connectivity index (χ2v) is 3.34. The largest absolute Gasteiger partial charge is 0.286 e. The van der Waals surface area contributed by atoms with E-state index in [9.17, 15) is 0 Å². The van der Waals surface area contributed by atoms with Gasteiger partial charge in [-0.2, -0.15) is 0 Å². The first kappa shape index (κ1) is 6.38. The van der Waals surface area contributed by atoms with Crippen LogP contribution in [0.3, 0.4) is 0 Å². The molecule has 2 aliphatic heterocycles. The Morgan fingerprint density at radius 2 is 2.20 bits per heavy atom. The fourth-order valence-corrected chi connectivity index (χ4v) is 1.98. The predicted molar refractivity (Wildman–Crippen MR) is 41.7 cm³/mol. The van der Waals surface area contributed by atoms with Gasteiger partial charge in [0.05, 0.1) is 6.17 Å². The molecule has 2 nitrogen and oxygen atoms in total. The van der Waals surface area contributed by atoms with Crippen molar-refractivity contribution in [2.24, 2.45) is 0 Å². The van der Waals surface area contributed by atoms with Gasteiger partial charge in [-0.3, -0.25) is 9.80 Å². The number of fused-ring (bicyclic) bond motifs is 2. The molecule has 2 bridgehead atoms. The minimum Gasteiger partial charge on any atom is -0.286 e. The molecule has 2 atom stereocenters. The second kappa shape index (κ2) is 2.07. The number of rotatable bonds is 0. The van der Waals surface area contributed by atoms with E-state index in [1.165, 1.54) is 13.0 Å². The third-order valence-corrected chi connectivity index (χ3v) is 2.66. The highest BCUT2D eigenvalue weighted by molar-refractivity contribution is 5.07. The molecule has 0 N–H and O–H groups in total. The Labute approximate surface area is 62.1 Å². The molecule has 1 fully saturated rings. The molecule has 2 aliphatic rings. The maximum Gasteiger partial charge on any atom is 0.0813 e. The van der Waals surface area contributed by atoms with Crippen LogP contribution in [0.25, 0.3) is 0 Å². The molecule has 0 aromatic heterocycles. The number of nitrogens with zero attached hydrogens (tertiary/aromatic N) is 2. The molecule has 0 spiro atoms. The average Bonchev–Trinajstić information content (AvgIpc) is 2.16. The molecule has 0 aromatic rings. The van der Waals surface area contributed by atoms with E-state index >= 15 is 0 Å². The van der Waals surface area contributed by atoms with Gasteiger partial charge in [0.2, 0.25) is 0 Å². The zero-order valence-corrected chi connectivity index (χ0v) is 6.62. The molecule has 1 saturated heterocycles. The quantitative estimate of drug-likeness (QED) is 0.450. The van der Waals surface area contributed by atoms with Crippen molar-refractivity contribution in [3.8, 4) is 0 Å². The number of hydrogen-bond donors (Lipinski definition) is 0. The monoisotopic (exact) mass is 138 g/mol. The van der Waals surface area contributed by atoms with Crippen LogP contribution in [0.5, 0.6) is 0 Å². The first-order chi connectivity index (χ1) is 4.79. The first-order valence-electron chi connectivity index (χ1n) is 3.88. The Morgan fingerprint density at radius 1 is 1.40 bits per heavy atom. The average molecular weight is 138 g/mol. The van der Waals surface area contributed by atoms with E-state index in [-0.39, 0.29) is 0 Å². The Bertz CT molecular complexity index is 165. The maximum absolute atomic E-state index is 2.44. The molecule has 0 aliphatic carbocycles. The zero-order chi connectivity index (χ0) is 7.14. The lowest BCUT2D eigenvalue weighted by atomic mass is 10.1.